The first-order chi connectivity index (χ1) is 6.12. The monoisotopic (exact) mass is 202 g/mol. The zero-order chi connectivity index (χ0) is 9.47. The smallest absolute Gasteiger partial charge is 0.130 e. The minimum absolute atomic E-state index is 0.374. The first kappa shape index (κ1) is 8.97. The maximum Gasteiger partial charge on any atom is 0.130 e. The first-order valence-electron chi connectivity index (χ1n) is 3.87. The lowest BCUT2D eigenvalue weighted by atomic mass is 9.96. The summed E-state index contributed by atoms with van der Waals surface area (Å²) in [5, 5.41) is 0. The van der Waals surface area contributed by atoms with E-state index in [0.29, 0.717) is 18.8 Å². The second-order valence-corrected chi connectivity index (χ2v) is 4.00. The summed E-state index contributed by atoms with van der Waals surface area (Å²) in [6.07, 6.45) is 0. The maximum absolute atomic E-state index is 13.2. The van der Waals surface area contributed by atoms with E-state index in [1.54, 1.807) is 0 Å². The molecule has 0 aliphatic carbocycles. The summed E-state index contributed by atoms with van der Waals surface area (Å²) in [7, 11) is 0. The normalized spacial score (nSPS) is 19.6. The molecule has 2 rings (SSSR count). The van der Waals surface area contributed by atoms with E-state index in [1.165, 1.54) is 12.1 Å². The number of hydrogen-bond donors (Lipinski definition) is 1. The van der Waals surface area contributed by atoms with Gasteiger partial charge in [-0.25, -0.2) is 8.78 Å². The fourth-order valence-electron chi connectivity index (χ4n) is 1.32. The number of halogens is 2. The molecule has 1 saturated heterocycles. The molecule has 0 radical (unpaired) electrons. The van der Waals surface area contributed by atoms with Crippen LogP contribution in [0.15, 0.2) is 18.2 Å². The summed E-state index contributed by atoms with van der Waals surface area (Å²) in [6, 6.07) is 3.51. The zero-order valence-corrected chi connectivity index (χ0v) is 7.65. The Morgan fingerprint density at radius 1 is 1.31 bits per heavy atom. The van der Waals surface area contributed by atoms with Crippen molar-refractivity contribution in [1.29, 1.82) is 0 Å². The molecule has 1 heterocycles. The van der Waals surface area contributed by atoms with E-state index in [9.17, 15) is 8.78 Å². The van der Waals surface area contributed by atoms with Crippen LogP contribution in [0.25, 0.3) is 0 Å². The summed E-state index contributed by atoms with van der Waals surface area (Å²) < 4.78 is 30.2. The van der Waals surface area contributed by atoms with Crippen molar-refractivity contribution in [2.45, 2.75) is 4.75 Å². The molecule has 0 aromatic heterocycles. The van der Waals surface area contributed by atoms with Gasteiger partial charge >= 0.3 is 0 Å². The van der Waals surface area contributed by atoms with E-state index in [-0.39, 0.29) is 0 Å². The van der Waals surface area contributed by atoms with Gasteiger partial charge in [-0.2, -0.15) is 12.6 Å². The molecule has 13 heavy (non-hydrogen) atoms. The van der Waals surface area contributed by atoms with Crippen molar-refractivity contribution < 1.29 is 13.5 Å². The van der Waals surface area contributed by atoms with Gasteiger partial charge in [0.2, 0.25) is 0 Å². The minimum Gasteiger partial charge on any atom is -0.378 e. The standard InChI is InChI=1S/C9H8F2OS/c10-6-1-2-7(8(11)3-6)9(13)4-12-5-9/h1-3,13H,4-5H2. The lowest BCUT2D eigenvalue weighted by Gasteiger charge is -2.37. The SMILES string of the molecule is Fc1ccc(C2(S)COC2)c(F)c1. The third kappa shape index (κ3) is 1.44. The molecule has 70 valence electrons. The van der Waals surface area contributed by atoms with Crippen LogP contribution in [-0.4, -0.2) is 13.2 Å². The predicted molar refractivity (Wildman–Crippen MR) is 47.8 cm³/mol. The predicted octanol–water partition coefficient (Wildman–Crippen LogP) is 2.12. The van der Waals surface area contributed by atoms with Crippen molar-refractivity contribution in [1.82, 2.24) is 0 Å². The Morgan fingerprint density at radius 3 is 2.46 bits per heavy atom. The quantitative estimate of drug-likeness (QED) is 0.686. The van der Waals surface area contributed by atoms with Crippen molar-refractivity contribution in [2.75, 3.05) is 13.2 Å². The molecule has 4 heteroatoms. The molecule has 1 aromatic rings. The lowest BCUT2D eigenvalue weighted by Crippen LogP contribution is -2.42. The van der Waals surface area contributed by atoms with Gasteiger partial charge in [0, 0.05) is 11.6 Å². The number of benzene rings is 1. The van der Waals surface area contributed by atoms with Gasteiger partial charge in [-0.05, 0) is 6.07 Å². The second-order valence-electron chi connectivity index (χ2n) is 3.15. The van der Waals surface area contributed by atoms with Crippen LogP contribution in [0.4, 0.5) is 8.78 Å². The molecule has 1 aliphatic rings. The molecule has 0 amide bonds. The van der Waals surface area contributed by atoms with Crippen LogP contribution in [-0.2, 0) is 9.48 Å². The second kappa shape index (κ2) is 2.96. The van der Waals surface area contributed by atoms with Crippen molar-refractivity contribution >= 4 is 12.6 Å². The number of thiol groups is 1. The average molecular weight is 202 g/mol. The van der Waals surface area contributed by atoms with E-state index < -0.39 is 16.4 Å². The summed E-state index contributed by atoms with van der Waals surface area (Å²) in [4.78, 5) is 0. The van der Waals surface area contributed by atoms with Gasteiger partial charge in [0.25, 0.3) is 0 Å². The molecule has 0 unspecified atom stereocenters. The molecule has 0 atom stereocenters. The van der Waals surface area contributed by atoms with Gasteiger partial charge in [0.1, 0.15) is 11.6 Å². The summed E-state index contributed by atoms with van der Waals surface area (Å²) >= 11 is 4.28. The van der Waals surface area contributed by atoms with Crippen LogP contribution in [0.2, 0.25) is 0 Å². The van der Waals surface area contributed by atoms with Crippen molar-refractivity contribution in [2.24, 2.45) is 0 Å². The van der Waals surface area contributed by atoms with Crippen molar-refractivity contribution in [3.8, 4) is 0 Å². The van der Waals surface area contributed by atoms with Crippen molar-refractivity contribution in [3.05, 3.63) is 35.4 Å². The van der Waals surface area contributed by atoms with Gasteiger partial charge in [0.05, 0.1) is 18.0 Å². The Bertz CT molecular complexity index is 336. The maximum atomic E-state index is 13.2. The van der Waals surface area contributed by atoms with Crippen LogP contribution < -0.4 is 0 Å². The molecular weight excluding hydrogens is 194 g/mol. The highest BCUT2D eigenvalue weighted by atomic mass is 32.1. The fraction of sp³-hybridized carbons (Fsp3) is 0.333. The molecule has 1 nitrogen and oxygen atoms in total. The third-order valence-electron chi connectivity index (χ3n) is 2.11. The van der Waals surface area contributed by atoms with E-state index in [2.05, 4.69) is 12.6 Å². The van der Waals surface area contributed by atoms with Gasteiger partial charge in [0.15, 0.2) is 0 Å². The van der Waals surface area contributed by atoms with Crippen LogP contribution in [0.1, 0.15) is 5.56 Å². The molecule has 0 bridgehead atoms. The topological polar surface area (TPSA) is 9.23 Å². The van der Waals surface area contributed by atoms with Gasteiger partial charge in [-0.15, -0.1) is 0 Å². The molecule has 0 N–H and O–H groups in total. The molecule has 1 fully saturated rings. The lowest BCUT2D eigenvalue weighted by molar-refractivity contribution is -0.0112. The van der Waals surface area contributed by atoms with Gasteiger partial charge in [-0.3, -0.25) is 0 Å². The van der Waals surface area contributed by atoms with Crippen LogP contribution in [0.3, 0.4) is 0 Å². The van der Waals surface area contributed by atoms with E-state index in [4.69, 9.17) is 4.74 Å². The Labute approximate surface area is 80.1 Å². The minimum atomic E-state index is -0.572. The number of ether oxygens (including phenoxy) is 1. The Morgan fingerprint density at radius 2 is 2.00 bits per heavy atom. The highest BCUT2D eigenvalue weighted by Crippen LogP contribution is 2.37. The molecule has 0 spiro atoms. The summed E-state index contributed by atoms with van der Waals surface area (Å²) in [5.74, 6) is -1.13. The Balaban J connectivity index is 2.40. The Hall–Kier alpha value is -0.610. The number of rotatable bonds is 1. The highest BCUT2D eigenvalue weighted by molar-refractivity contribution is 7.81. The number of hydrogen-bond acceptors (Lipinski definition) is 2. The fourth-order valence-corrected chi connectivity index (χ4v) is 1.68. The first-order valence-corrected chi connectivity index (χ1v) is 4.32. The molecular formula is C9H8F2OS. The molecule has 1 aromatic carbocycles. The van der Waals surface area contributed by atoms with E-state index in [0.717, 1.165) is 6.07 Å². The summed E-state index contributed by atoms with van der Waals surface area (Å²) in [5.41, 5.74) is 0.406. The zero-order valence-electron chi connectivity index (χ0n) is 6.76. The van der Waals surface area contributed by atoms with E-state index >= 15 is 0 Å². The average Bonchev–Trinajstić information content (AvgIpc) is 2.00. The molecule has 1 aliphatic heterocycles. The van der Waals surface area contributed by atoms with E-state index in [1.807, 2.05) is 0 Å². The largest absolute Gasteiger partial charge is 0.378 e. The van der Waals surface area contributed by atoms with Crippen LogP contribution in [0, 0.1) is 11.6 Å². The summed E-state index contributed by atoms with van der Waals surface area (Å²) in [6.45, 7) is 0.747. The van der Waals surface area contributed by atoms with Crippen molar-refractivity contribution in [3.63, 3.8) is 0 Å². The van der Waals surface area contributed by atoms with Crippen LogP contribution in [0.5, 0.6) is 0 Å². The molecule has 0 saturated carbocycles. The van der Waals surface area contributed by atoms with Gasteiger partial charge < -0.3 is 4.74 Å². The Kier molecular flexibility index (Phi) is 2.04. The van der Waals surface area contributed by atoms with Gasteiger partial charge in [-0.1, -0.05) is 6.07 Å². The highest BCUT2D eigenvalue weighted by Gasteiger charge is 2.38. The third-order valence-corrected chi connectivity index (χ3v) is 2.61. The van der Waals surface area contributed by atoms with Crippen LogP contribution >= 0.6 is 12.6 Å².